The first-order valence-corrected chi connectivity index (χ1v) is 9.60. The first-order chi connectivity index (χ1) is 14.3. The molecule has 0 aromatic heterocycles. The summed E-state index contributed by atoms with van der Waals surface area (Å²) in [5.41, 5.74) is 1.23. The van der Waals surface area contributed by atoms with E-state index in [-0.39, 0.29) is 48.9 Å². The number of amides is 2. The minimum absolute atomic E-state index is 0.0539. The van der Waals surface area contributed by atoms with Crippen LogP contribution in [0.15, 0.2) is 48.5 Å². The summed E-state index contributed by atoms with van der Waals surface area (Å²) in [7, 11) is 1.64. The number of benzene rings is 2. The topological polar surface area (TPSA) is 67.9 Å². The van der Waals surface area contributed by atoms with Crippen LogP contribution in [0.25, 0.3) is 0 Å². The Morgan fingerprint density at radius 1 is 1.10 bits per heavy atom. The van der Waals surface area contributed by atoms with Crippen molar-refractivity contribution in [2.75, 3.05) is 13.7 Å². The number of carbonyl (C=O) groups is 2. The number of halogens is 2. The summed E-state index contributed by atoms with van der Waals surface area (Å²) >= 11 is 0. The van der Waals surface area contributed by atoms with Crippen molar-refractivity contribution in [3.8, 4) is 11.5 Å². The third-order valence-electron chi connectivity index (χ3n) is 4.26. The lowest BCUT2D eigenvalue weighted by molar-refractivity contribution is -0.130. The molecule has 30 heavy (non-hydrogen) atoms. The van der Waals surface area contributed by atoms with Gasteiger partial charge in [0.15, 0.2) is 11.5 Å². The first kappa shape index (κ1) is 23.1. The lowest BCUT2D eigenvalue weighted by Crippen LogP contribution is -2.37. The molecule has 0 fully saturated rings. The van der Waals surface area contributed by atoms with Gasteiger partial charge in [-0.05, 0) is 43.7 Å². The molecule has 0 saturated carbocycles. The van der Waals surface area contributed by atoms with Crippen LogP contribution in [-0.2, 0) is 11.3 Å². The Morgan fingerprint density at radius 3 is 2.43 bits per heavy atom. The average molecular weight is 420 g/mol. The molecular weight excluding hydrogens is 394 g/mol. The number of hydrogen-bond acceptors (Lipinski definition) is 4. The zero-order valence-electron chi connectivity index (χ0n) is 17.2. The van der Waals surface area contributed by atoms with Crippen molar-refractivity contribution in [3.63, 3.8) is 0 Å². The summed E-state index contributed by atoms with van der Waals surface area (Å²) in [6, 6.07) is 13.0. The molecule has 2 amide bonds. The van der Waals surface area contributed by atoms with E-state index in [2.05, 4.69) is 10.1 Å². The van der Waals surface area contributed by atoms with Gasteiger partial charge in [-0.3, -0.25) is 9.59 Å². The summed E-state index contributed by atoms with van der Waals surface area (Å²) in [5, 5.41) is 2.80. The van der Waals surface area contributed by atoms with Gasteiger partial charge in [-0.15, -0.1) is 0 Å². The van der Waals surface area contributed by atoms with E-state index in [1.807, 2.05) is 6.07 Å². The Morgan fingerprint density at radius 2 is 1.80 bits per heavy atom. The van der Waals surface area contributed by atoms with Crippen molar-refractivity contribution in [1.82, 2.24) is 10.2 Å². The number of nitrogens with one attached hydrogen (secondary N) is 1. The Kier molecular flexibility index (Phi) is 8.58. The molecule has 6 nitrogen and oxygen atoms in total. The largest absolute Gasteiger partial charge is 0.490 e. The number of ether oxygens (including phenoxy) is 2. The Labute approximate surface area is 174 Å². The molecule has 0 spiro atoms. The van der Waals surface area contributed by atoms with Gasteiger partial charge in [0.05, 0.1) is 6.61 Å². The third-order valence-corrected chi connectivity index (χ3v) is 4.26. The van der Waals surface area contributed by atoms with Crippen LogP contribution in [0.2, 0.25) is 0 Å². The van der Waals surface area contributed by atoms with Crippen molar-refractivity contribution in [1.29, 1.82) is 0 Å². The van der Waals surface area contributed by atoms with E-state index in [1.54, 1.807) is 57.3 Å². The fraction of sp³-hybridized carbons (Fsp3) is 0.364. The van der Waals surface area contributed by atoms with E-state index >= 15 is 0 Å². The van der Waals surface area contributed by atoms with Gasteiger partial charge in [0, 0.05) is 31.6 Å². The van der Waals surface area contributed by atoms with Gasteiger partial charge in [0.1, 0.15) is 0 Å². The van der Waals surface area contributed by atoms with Crippen molar-refractivity contribution < 1.29 is 27.8 Å². The van der Waals surface area contributed by atoms with Crippen LogP contribution in [-0.4, -0.2) is 43.0 Å². The van der Waals surface area contributed by atoms with E-state index in [0.29, 0.717) is 11.1 Å². The van der Waals surface area contributed by atoms with Crippen LogP contribution in [0.5, 0.6) is 11.5 Å². The maximum absolute atomic E-state index is 12.5. The zero-order valence-corrected chi connectivity index (χ0v) is 17.2. The highest BCUT2D eigenvalue weighted by atomic mass is 19.3. The van der Waals surface area contributed by atoms with Crippen LogP contribution in [0.3, 0.4) is 0 Å². The molecule has 1 unspecified atom stereocenters. The van der Waals surface area contributed by atoms with E-state index in [9.17, 15) is 18.4 Å². The standard InChI is InChI=1S/C22H26F2N2O4/c1-4-29-19-13-16(10-11-18(19)30-22(23)24)14-26(3)20(27)12-15(2)25-21(28)17-8-6-5-7-9-17/h5-11,13,15,22H,4,12,14H2,1-3H3,(H,25,28). The van der Waals surface area contributed by atoms with Crippen LogP contribution < -0.4 is 14.8 Å². The molecule has 0 saturated heterocycles. The number of rotatable bonds is 10. The lowest BCUT2D eigenvalue weighted by atomic mass is 10.1. The maximum atomic E-state index is 12.5. The van der Waals surface area contributed by atoms with Crippen molar-refractivity contribution in [3.05, 3.63) is 59.7 Å². The van der Waals surface area contributed by atoms with E-state index < -0.39 is 6.61 Å². The first-order valence-electron chi connectivity index (χ1n) is 9.60. The Balaban J connectivity index is 1.94. The number of alkyl halides is 2. The summed E-state index contributed by atoms with van der Waals surface area (Å²) in [6.45, 7) is 1.09. The summed E-state index contributed by atoms with van der Waals surface area (Å²) in [6.07, 6.45) is 0.125. The third kappa shape index (κ3) is 7.02. The van der Waals surface area contributed by atoms with Crippen LogP contribution >= 0.6 is 0 Å². The highest BCUT2D eigenvalue weighted by Gasteiger charge is 2.17. The van der Waals surface area contributed by atoms with Gasteiger partial charge in [-0.25, -0.2) is 0 Å². The van der Waals surface area contributed by atoms with Gasteiger partial charge in [0.2, 0.25) is 5.91 Å². The van der Waals surface area contributed by atoms with Gasteiger partial charge < -0.3 is 19.7 Å². The average Bonchev–Trinajstić information content (AvgIpc) is 2.70. The summed E-state index contributed by atoms with van der Waals surface area (Å²) in [4.78, 5) is 26.2. The monoisotopic (exact) mass is 420 g/mol. The molecule has 2 rings (SSSR count). The molecule has 1 N–H and O–H groups in total. The highest BCUT2D eigenvalue weighted by Crippen LogP contribution is 2.30. The molecule has 0 aliphatic rings. The molecule has 0 bridgehead atoms. The number of carbonyl (C=O) groups excluding carboxylic acids is 2. The van der Waals surface area contributed by atoms with E-state index in [4.69, 9.17) is 4.74 Å². The Bertz CT molecular complexity index is 846. The van der Waals surface area contributed by atoms with Gasteiger partial charge in [0.25, 0.3) is 5.91 Å². The molecule has 162 valence electrons. The normalized spacial score (nSPS) is 11.7. The van der Waals surface area contributed by atoms with E-state index in [1.165, 1.54) is 11.0 Å². The maximum Gasteiger partial charge on any atom is 0.387 e. The molecule has 0 heterocycles. The molecule has 0 radical (unpaired) electrons. The smallest absolute Gasteiger partial charge is 0.387 e. The molecule has 0 aliphatic carbocycles. The molecule has 1 atom stereocenters. The van der Waals surface area contributed by atoms with Crippen LogP contribution in [0.4, 0.5) is 8.78 Å². The molecule has 2 aromatic rings. The second-order valence-corrected chi connectivity index (χ2v) is 6.79. The Hall–Kier alpha value is -3.16. The molecule has 8 heteroatoms. The quantitative estimate of drug-likeness (QED) is 0.634. The minimum Gasteiger partial charge on any atom is -0.490 e. The van der Waals surface area contributed by atoms with Gasteiger partial charge in [-0.1, -0.05) is 24.3 Å². The lowest BCUT2D eigenvalue weighted by Gasteiger charge is -2.21. The van der Waals surface area contributed by atoms with Crippen LogP contribution in [0.1, 0.15) is 36.2 Å². The van der Waals surface area contributed by atoms with Crippen molar-refractivity contribution >= 4 is 11.8 Å². The fourth-order valence-electron chi connectivity index (χ4n) is 2.84. The molecular formula is C22H26F2N2O4. The van der Waals surface area contributed by atoms with Crippen molar-refractivity contribution in [2.24, 2.45) is 0 Å². The molecule has 0 aliphatic heterocycles. The molecule has 2 aromatic carbocycles. The van der Waals surface area contributed by atoms with Gasteiger partial charge in [-0.2, -0.15) is 8.78 Å². The van der Waals surface area contributed by atoms with Gasteiger partial charge >= 0.3 is 6.61 Å². The second-order valence-electron chi connectivity index (χ2n) is 6.79. The predicted molar refractivity (Wildman–Crippen MR) is 109 cm³/mol. The SMILES string of the molecule is CCOc1cc(CN(C)C(=O)CC(C)NC(=O)c2ccccc2)ccc1OC(F)F. The van der Waals surface area contributed by atoms with Crippen LogP contribution in [0, 0.1) is 0 Å². The fourth-order valence-corrected chi connectivity index (χ4v) is 2.84. The summed E-state index contributed by atoms with van der Waals surface area (Å²) < 4.78 is 34.8. The summed E-state index contributed by atoms with van der Waals surface area (Å²) in [5.74, 6) is -0.266. The second kappa shape index (κ2) is 11.1. The minimum atomic E-state index is -2.95. The zero-order chi connectivity index (χ0) is 22.1. The highest BCUT2D eigenvalue weighted by molar-refractivity contribution is 5.94. The number of nitrogens with zero attached hydrogens (tertiary/aromatic N) is 1. The number of hydrogen-bond donors (Lipinski definition) is 1. The predicted octanol–water partition coefficient (Wildman–Crippen LogP) is 3.85. The van der Waals surface area contributed by atoms with E-state index in [0.717, 1.165) is 0 Å². The van der Waals surface area contributed by atoms with Crippen molar-refractivity contribution in [2.45, 2.75) is 39.5 Å².